The Kier molecular flexibility index (Phi) is 2.93. The van der Waals surface area contributed by atoms with Crippen LogP contribution in [0, 0.1) is 11.8 Å². The summed E-state index contributed by atoms with van der Waals surface area (Å²) in [6, 6.07) is 8.79. The number of hydrogen-bond acceptors (Lipinski definition) is 5. The number of carbonyl (C=O) groups excluding carboxylic acids is 1. The summed E-state index contributed by atoms with van der Waals surface area (Å²) in [5.74, 6) is 3.03. The van der Waals surface area contributed by atoms with Crippen LogP contribution in [0.5, 0.6) is 5.75 Å². The van der Waals surface area contributed by atoms with Crippen molar-refractivity contribution in [3.63, 3.8) is 0 Å². The monoisotopic (exact) mass is 291 g/mol. The molecule has 20 heavy (non-hydrogen) atoms. The van der Waals surface area contributed by atoms with Crippen molar-refractivity contribution >= 4 is 17.7 Å². The molecule has 0 amide bonds. The quantitative estimate of drug-likeness (QED) is 0.739. The molecule has 1 aromatic carbocycles. The number of esters is 1. The molecule has 4 atom stereocenters. The molecule has 4 nitrogen and oxygen atoms in total. The van der Waals surface area contributed by atoms with Gasteiger partial charge in [-0.15, -0.1) is 11.8 Å². The van der Waals surface area contributed by atoms with E-state index in [2.05, 4.69) is 11.0 Å². The highest BCUT2D eigenvalue weighted by Gasteiger charge is 2.56. The van der Waals surface area contributed by atoms with E-state index in [-0.39, 0.29) is 23.8 Å². The molecule has 3 aliphatic rings. The second-order valence-corrected chi connectivity index (χ2v) is 6.59. The van der Waals surface area contributed by atoms with Crippen LogP contribution in [0.15, 0.2) is 24.3 Å². The first kappa shape index (κ1) is 12.5. The molecule has 0 unspecified atom stereocenters. The Hall–Kier alpha value is -1.20. The number of ether oxygens (including phenoxy) is 2. The van der Waals surface area contributed by atoms with E-state index in [0.29, 0.717) is 12.6 Å². The highest BCUT2D eigenvalue weighted by molar-refractivity contribution is 7.99. The molecule has 3 aliphatic heterocycles. The van der Waals surface area contributed by atoms with Crippen molar-refractivity contribution < 1.29 is 14.3 Å². The molecule has 0 N–H and O–H groups in total. The number of thioether (sulfide) groups is 1. The zero-order chi connectivity index (χ0) is 13.7. The molecule has 4 rings (SSSR count). The van der Waals surface area contributed by atoms with E-state index >= 15 is 0 Å². The highest BCUT2D eigenvalue weighted by Crippen LogP contribution is 2.53. The molecule has 0 spiro atoms. The van der Waals surface area contributed by atoms with E-state index in [9.17, 15) is 4.79 Å². The van der Waals surface area contributed by atoms with Crippen molar-refractivity contribution in [1.82, 2.24) is 4.90 Å². The zero-order valence-corrected chi connectivity index (χ0v) is 12.1. The third-order valence-electron chi connectivity index (χ3n) is 4.74. The Balaban J connectivity index is 1.78. The minimum atomic E-state index is -0.0852. The van der Waals surface area contributed by atoms with Gasteiger partial charge in [-0.3, -0.25) is 9.69 Å². The van der Waals surface area contributed by atoms with Crippen molar-refractivity contribution in [3.05, 3.63) is 29.8 Å². The zero-order valence-electron chi connectivity index (χ0n) is 11.3. The first-order valence-electron chi connectivity index (χ1n) is 6.94. The number of methoxy groups -OCH3 is 1. The molecule has 0 aliphatic carbocycles. The number of nitrogens with zero attached hydrogens (tertiary/aromatic N) is 1. The van der Waals surface area contributed by atoms with Gasteiger partial charge in [0.05, 0.1) is 19.6 Å². The molecule has 0 aromatic heterocycles. The predicted molar refractivity (Wildman–Crippen MR) is 76.6 cm³/mol. The van der Waals surface area contributed by atoms with E-state index in [1.165, 1.54) is 12.7 Å². The van der Waals surface area contributed by atoms with Crippen LogP contribution in [0.2, 0.25) is 0 Å². The molecule has 0 saturated carbocycles. The summed E-state index contributed by atoms with van der Waals surface area (Å²) in [4.78, 5) is 14.7. The van der Waals surface area contributed by atoms with Crippen LogP contribution in [-0.2, 0) is 9.53 Å². The van der Waals surface area contributed by atoms with Gasteiger partial charge in [-0.1, -0.05) is 18.2 Å². The van der Waals surface area contributed by atoms with Crippen molar-refractivity contribution in [2.45, 2.75) is 12.1 Å². The maximum absolute atomic E-state index is 12.2. The van der Waals surface area contributed by atoms with Crippen LogP contribution in [0.3, 0.4) is 0 Å². The van der Waals surface area contributed by atoms with Crippen LogP contribution in [0.4, 0.5) is 0 Å². The van der Waals surface area contributed by atoms with E-state index in [4.69, 9.17) is 9.47 Å². The maximum Gasteiger partial charge on any atom is 0.310 e. The van der Waals surface area contributed by atoms with Crippen molar-refractivity contribution in [3.8, 4) is 5.75 Å². The molecule has 2 saturated heterocycles. The standard InChI is InChI=1S/C15H17NO3S/c1-18-15(17)13-10-6-19-12-5-3-2-4-9(12)14(10)16-8-20-7-11(13)16/h2-5,10-11,13-14H,6-8H2,1H3/t10-,11-,13+,14-/m0/s1. The summed E-state index contributed by atoms with van der Waals surface area (Å²) in [6.45, 7) is 0.610. The third-order valence-corrected chi connectivity index (χ3v) is 5.79. The lowest BCUT2D eigenvalue weighted by molar-refractivity contribution is -0.147. The Morgan fingerprint density at radius 1 is 1.45 bits per heavy atom. The molecule has 0 radical (unpaired) electrons. The van der Waals surface area contributed by atoms with E-state index < -0.39 is 0 Å². The van der Waals surface area contributed by atoms with Crippen molar-refractivity contribution in [2.75, 3.05) is 25.3 Å². The minimum absolute atomic E-state index is 0.0617. The summed E-state index contributed by atoms with van der Waals surface area (Å²) >= 11 is 1.91. The maximum atomic E-state index is 12.2. The first-order valence-corrected chi connectivity index (χ1v) is 8.10. The van der Waals surface area contributed by atoms with Crippen LogP contribution in [0.25, 0.3) is 0 Å². The SMILES string of the molecule is COC(=O)[C@@H]1[C@@H]2COc3ccccc3[C@@H]2N2CSC[C@@H]12. The van der Waals surface area contributed by atoms with Gasteiger partial charge in [0.15, 0.2) is 0 Å². The first-order chi connectivity index (χ1) is 9.81. The van der Waals surface area contributed by atoms with Gasteiger partial charge in [0.25, 0.3) is 0 Å². The van der Waals surface area contributed by atoms with Gasteiger partial charge in [-0.25, -0.2) is 0 Å². The molecule has 3 heterocycles. The molecule has 5 heteroatoms. The second-order valence-electron chi connectivity index (χ2n) is 5.59. The van der Waals surface area contributed by atoms with Crippen molar-refractivity contribution in [1.29, 1.82) is 0 Å². The average molecular weight is 291 g/mol. The number of benzene rings is 1. The fourth-order valence-corrected chi connectivity index (χ4v) is 5.22. The number of para-hydroxylation sites is 1. The summed E-state index contributed by atoms with van der Waals surface area (Å²) in [6.07, 6.45) is 0. The van der Waals surface area contributed by atoms with E-state index in [1.807, 2.05) is 30.0 Å². The molecule has 2 fully saturated rings. The lowest BCUT2D eigenvalue weighted by Crippen LogP contribution is -2.35. The Morgan fingerprint density at radius 2 is 2.30 bits per heavy atom. The fraction of sp³-hybridized carbons (Fsp3) is 0.533. The normalized spacial score (nSPS) is 34.9. The molecule has 1 aromatic rings. The van der Waals surface area contributed by atoms with Gasteiger partial charge in [0.2, 0.25) is 0 Å². The fourth-order valence-electron chi connectivity index (χ4n) is 3.91. The van der Waals surface area contributed by atoms with Crippen LogP contribution < -0.4 is 4.74 Å². The lowest BCUT2D eigenvalue weighted by atomic mass is 9.83. The van der Waals surface area contributed by atoms with Gasteiger partial charge in [-0.05, 0) is 6.07 Å². The van der Waals surface area contributed by atoms with Crippen LogP contribution in [-0.4, -0.2) is 42.3 Å². The summed E-state index contributed by atoms with van der Waals surface area (Å²) < 4.78 is 10.9. The Morgan fingerprint density at radius 3 is 3.15 bits per heavy atom. The molecule has 0 bridgehead atoms. The number of fused-ring (bicyclic) bond motifs is 5. The number of carbonyl (C=O) groups is 1. The van der Waals surface area contributed by atoms with Gasteiger partial charge in [-0.2, -0.15) is 0 Å². The second kappa shape index (κ2) is 4.67. The number of hydrogen-bond donors (Lipinski definition) is 0. The third kappa shape index (κ3) is 1.63. The smallest absolute Gasteiger partial charge is 0.310 e. The molecular formula is C15H17NO3S. The summed E-state index contributed by atoms with van der Waals surface area (Å²) in [7, 11) is 1.49. The summed E-state index contributed by atoms with van der Waals surface area (Å²) in [5.41, 5.74) is 1.22. The number of rotatable bonds is 1. The molecule has 106 valence electrons. The Bertz CT molecular complexity index is 550. The van der Waals surface area contributed by atoms with Crippen LogP contribution >= 0.6 is 11.8 Å². The van der Waals surface area contributed by atoms with Gasteiger partial charge < -0.3 is 9.47 Å². The van der Waals surface area contributed by atoms with E-state index in [0.717, 1.165) is 17.4 Å². The van der Waals surface area contributed by atoms with Crippen molar-refractivity contribution in [2.24, 2.45) is 11.8 Å². The Labute approximate surface area is 122 Å². The minimum Gasteiger partial charge on any atom is -0.493 e. The molecular weight excluding hydrogens is 274 g/mol. The topological polar surface area (TPSA) is 38.8 Å². The summed E-state index contributed by atoms with van der Waals surface area (Å²) in [5, 5.41) is 0. The largest absolute Gasteiger partial charge is 0.493 e. The van der Waals surface area contributed by atoms with Gasteiger partial charge in [0, 0.05) is 35.2 Å². The van der Waals surface area contributed by atoms with E-state index in [1.54, 1.807) is 0 Å². The predicted octanol–water partition coefficient (Wildman–Crippen LogP) is 1.91. The average Bonchev–Trinajstić information content (AvgIpc) is 3.06. The van der Waals surface area contributed by atoms with Crippen LogP contribution in [0.1, 0.15) is 11.6 Å². The van der Waals surface area contributed by atoms with Gasteiger partial charge >= 0.3 is 5.97 Å². The lowest BCUT2D eigenvalue weighted by Gasteiger charge is -2.33. The highest BCUT2D eigenvalue weighted by atomic mass is 32.2. The van der Waals surface area contributed by atoms with Gasteiger partial charge in [0.1, 0.15) is 5.75 Å².